The quantitative estimate of drug-likeness (QED) is 0.299. The van der Waals surface area contributed by atoms with E-state index in [4.69, 9.17) is 0 Å². The zero-order chi connectivity index (χ0) is 17.6. The van der Waals surface area contributed by atoms with Gasteiger partial charge in [0.2, 0.25) is 0 Å². The molecule has 142 valence electrons. The van der Waals surface area contributed by atoms with E-state index in [2.05, 4.69) is 43.9 Å². The van der Waals surface area contributed by atoms with Gasteiger partial charge in [-0.3, -0.25) is 0 Å². The third-order valence-electron chi connectivity index (χ3n) is 5.59. The molecule has 2 nitrogen and oxygen atoms in total. The van der Waals surface area contributed by atoms with Crippen molar-refractivity contribution in [2.45, 2.75) is 117 Å². The maximum absolute atomic E-state index is 2.50. The number of nitrogens with zero attached hydrogens (tertiary/aromatic N) is 2. The van der Waals surface area contributed by atoms with Crippen LogP contribution in [0.4, 0.5) is 0 Å². The molecule has 1 heterocycles. The van der Waals surface area contributed by atoms with Crippen molar-refractivity contribution in [1.29, 1.82) is 0 Å². The first-order valence-electron chi connectivity index (χ1n) is 10.9. The largest absolute Gasteiger partial charge is 0.313 e. The van der Waals surface area contributed by atoms with Crippen molar-refractivity contribution in [2.75, 3.05) is 13.6 Å². The minimum Gasteiger partial charge on any atom is -0.313 e. The van der Waals surface area contributed by atoms with Crippen LogP contribution in [0.25, 0.3) is 0 Å². The topological polar surface area (TPSA) is 6.48 Å². The maximum Gasteiger partial charge on any atom is 0.0464 e. The first kappa shape index (κ1) is 21.5. The van der Waals surface area contributed by atoms with E-state index in [1.54, 1.807) is 0 Å². The van der Waals surface area contributed by atoms with Crippen LogP contribution in [-0.4, -0.2) is 29.7 Å². The van der Waals surface area contributed by atoms with E-state index in [9.17, 15) is 0 Å². The summed E-state index contributed by atoms with van der Waals surface area (Å²) in [5, 5.41) is 4.82. The molecule has 0 aromatic carbocycles. The van der Waals surface area contributed by atoms with Crippen LogP contribution in [0, 0.1) is 0 Å². The van der Waals surface area contributed by atoms with Gasteiger partial charge in [-0.1, -0.05) is 90.4 Å². The number of hydrogen-bond donors (Lipinski definition) is 0. The van der Waals surface area contributed by atoms with Crippen LogP contribution in [0.3, 0.4) is 0 Å². The number of allylic oxidation sites excluding steroid dienone is 1. The molecule has 0 aromatic rings. The molecule has 1 rings (SSSR count). The van der Waals surface area contributed by atoms with E-state index in [0.717, 1.165) is 0 Å². The fourth-order valence-electron chi connectivity index (χ4n) is 3.84. The molecule has 1 atom stereocenters. The molecule has 1 unspecified atom stereocenters. The van der Waals surface area contributed by atoms with Gasteiger partial charge in [0.15, 0.2) is 0 Å². The van der Waals surface area contributed by atoms with Crippen molar-refractivity contribution in [3.05, 3.63) is 11.8 Å². The van der Waals surface area contributed by atoms with Gasteiger partial charge >= 0.3 is 0 Å². The monoisotopic (exact) mass is 336 g/mol. The summed E-state index contributed by atoms with van der Waals surface area (Å²) in [5.41, 5.74) is 1.40. The molecule has 0 spiro atoms. The predicted molar refractivity (Wildman–Crippen MR) is 108 cm³/mol. The average molecular weight is 337 g/mol. The lowest BCUT2D eigenvalue weighted by atomic mass is 10.0. The highest BCUT2D eigenvalue weighted by Gasteiger charge is 2.22. The molecule has 0 saturated heterocycles. The molecule has 0 radical (unpaired) electrons. The van der Waals surface area contributed by atoms with Gasteiger partial charge in [0.05, 0.1) is 0 Å². The second-order valence-corrected chi connectivity index (χ2v) is 7.83. The highest BCUT2D eigenvalue weighted by molar-refractivity contribution is 5.07. The van der Waals surface area contributed by atoms with E-state index in [1.165, 1.54) is 102 Å². The Bertz CT molecular complexity index is 324. The number of rotatable bonds is 15. The Hall–Kier alpha value is -0.500. The molecule has 0 fully saturated rings. The minimum absolute atomic E-state index is 0.581. The molecule has 0 saturated carbocycles. The fraction of sp³-hybridized carbons (Fsp3) is 0.909. The van der Waals surface area contributed by atoms with Gasteiger partial charge in [0.25, 0.3) is 0 Å². The smallest absolute Gasteiger partial charge is 0.0464 e. The molecule has 1 aliphatic heterocycles. The summed E-state index contributed by atoms with van der Waals surface area (Å²) in [7, 11) is 2.19. The van der Waals surface area contributed by atoms with Crippen LogP contribution in [0.15, 0.2) is 11.8 Å². The minimum atomic E-state index is 0.581. The van der Waals surface area contributed by atoms with Crippen LogP contribution in [-0.2, 0) is 0 Å². The van der Waals surface area contributed by atoms with Crippen LogP contribution in [0.2, 0.25) is 0 Å². The van der Waals surface area contributed by atoms with Gasteiger partial charge in [-0.25, -0.2) is 5.01 Å². The van der Waals surface area contributed by atoms with Gasteiger partial charge in [-0.2, -0.15) is 0 Å². The lowest BCUT2D eigenvalue weighted by Gasteiger charge is -2.30. The summed E-state index contributed by atoms with van der Waals surface area (Å²) in [6.45, 7) is 8.02. The molecule has 1 aliphatic rings. The first-order valence-corrected chi connectivity index (χ1v) is 10.9. The van der Waals surface area contributed by atoms with Crippen molar-refractivity contribution in [3.63, 3.8) is 0 Å². The fourth-order valence-corrected chi connectivity index (χ4v) is 3.84. The second-order valence-electron chi connectivity index (χ2n) is 7.83. The summed E-state index contributed by atoms with van der Waals surface area (Å²) < 4.78 is 0. The van der Waals surface area contributed by atoms with Crippen molar-refractivity contribution in [3.8, 4) is 0 Å². The normalized spacial score (nSPS) is 18.4. The van der Waals surface area contributed by atoms with Crippen LogP contribution < -0.4 is 0 Å². The molecule has 0 bridgehead atoms. The zero-order valence-corrected chi connectivity index (χ0v) is 17.2. The zero-order valence-electron chi connectivity index (χ0n) is 17.2. The van der Waals surface area contributed by atoms with E-state index in [-0.39, 0.29) is 0 Å². The second kappa shape index (κ2) is 13.8. The lowest BCUT2D eigenvalue weighted by Crippen LogP contribution is -2.39. The summed E-state index contributed by atoms with van der Waals surface area (Å²) in [6, 6.07) is 0.581. The summed E-state index contributed by atoms with van der Waals surface area (Å²) in [5.74, 6) is 0. The molecule has 0 aliphatic carbocycles. The van der Waals surface area contributed by atoms with Gasteiger partial charge < -0.3 is 5.01 Å². The number of unbranched alkanes of at least 4 members (excludes halogenated alkanes) is 13. The Morgan fingerprint density at radius 2 is 1.17 bits per heavy atom. The van der Waals surface area contributed by atoms with Gasteiger partial charge in [-0.15, -0.1) is 0 Å². The van der Waals surface area contributed by atoms with E-state index in [0.29, 0.717) is 6.04 Å². The molecule has 0 aromatic heterocycles. The average Bonchev–Trinajstić information content (AvgIpc) is 2.81. The summed E-state index contributed by atoms with van der Waals surface area (Å²) in [4.78, 5) is 0. The van der Waals surface area contributed by atoms with Crippen molar-refractivity contribution < 1.29 is 0 Å². The Labute approximate surface area is 152 Å². The third-order valence-corrected chi connectivity index (χ3v) is 5.59. The number of hydrazine groups is 1. The van der Waals surface area contributed by atoms with E-state index in [1.807, 2.05) is 0 Å². The molecular weight excluding hydrogens is 292 g/mol. The molecule has 24 heavy (non-hydrogen) atoms. The third kappa shape index (κ3) is 9.11. The Morgan fingerprint density at radius 3 is 1.54 bits per heavy atom. The first-order chi connectivity index (χ1) is 11.7. The summed E-state index contributed by atoms with van der Waals surface area (Å²) in [6.07, 6.45) is 22.5. The Kier molecular flexibility index (Phi) is 12.3. The Balaban J connectivity index is 1.80. The standard InChI is InChI=1S/C22H44N2/c1-5-6-7-8-9-10-11-12-13-14-15-16-17-18-19-24-22(3)20-21(2)23(24)4/h20,22H,5-19H2,1-4H3. The highest BCUT2D eigenvalue weighted by Crippen LogP contribution is 2.20. The Morgan fingerprint density at radius 1 is 0.750 bits per heavy atom. The molecule has 0 N–H and O–H groups in total. The van der Waals surface area contributed by atoms with Gasteiger partial charge in [-0.05, 0) is 26.3 Å². The van der Waals surface area contributed by atoms with Gasteiger partial charge in [0.1, 0.15) is 0 Å². The maximum atomic E-state index is 2.50. The molecular formula is C22H44N2. The van der Waals surface area contributed by atoms with Crippen LogP contribution in [0.5, 0.6) is 0 Å². The van der Waals surface area contributed by atoms with Crippen LogP contribution >= 0.6 is 0 Å². The van der Waals surface area contributed by atoms with Crippen LogP contribution in [0.1, 0.15) is 111 Å². The van der Waals surface area contributed by atoms with Gasteiger partial charge in [0, 0.05) is 25.3 Å². The highest BCUT2D eigenvalue weighted by atomic mass is 15.6. The van der Waals surface area contributed by atoms with Crippen molar-refractivity contribution in [2.24, 2.45) is 0 Å². The van der Waals surface area contributed by atoms with Crippen molar-refractivity contribution >= 4 is 0 Å². The SMILES string of the molecule is CCCCCCCCCCCCCCCCN1C(C)C=C(C)N1C. The molecule has 2 heteroatoms. The lowest BCUT2D eigenvalue weighted by molar-refractivity contribution is 0.0343. The number of hydrogen-bond acceptors (Lipinski definition) is 2. The van der Waals surface area contributed by atoms with Crippen molar-refractivity contribution in [1.82, 2.24) is 10.0 Å². The predicted octanol–water partition coefficient (Wildman–Crippen LogP) is 6.92. The van der Waals surface area contributed by atoms with E-state index >= 15 is 0 Å². The summed E-state index contributed by atoms with van der Waals surface area (Å²) >= 11 is 0. The van der Waals surface area contributed by atoms with E-state index < -0.39 is 0 Å². The molecule has 0 amide bonds.